The molecule has 5 heteroatoms. The fraction of sp³-hybridized carbons (Fsp3) is 0.385. The van der Waals surface area contributed by atoms with Crippen molar-refractivity contribution < 1.29 is 14.7 Å². The number of piperazine rings is 1. The third kappa shape index (κ3) is 1.67. The number of rotatable bonds is 2. The van der Waals surface area contributed by atoms with E-state index < -0.39 is 5.97 Å². The van der Waals surface area contributed by atoms with Crippen molar-refractivity contribution in [3.8, 4) is 0 Å². The van der Waals surface area contributed by atoms with Crippen molar-refractivity contribution in [2.24, 2.45) is 0 Å². The molecule has 3 rings (SSSR count). The zero-order valence-corrected chi connectivity index (χ0v) is 9.87. The molecule has 1 aromatic carbocycles. The van der Waals surface area contributed by atoms with Crippen LogP contribution in [0.4, 0.5) is 0 Å². The van der Waals surface area contributed by atoms with E-state index in [0.717, 1.165) is 11.1 Å². The molecule has 2 aliphatic rings. The second kappa shape index (κ2) is 4.10. The van der Waals surface area contributed by atoms with Crippen molar-refractivity contribution >= 4 is 11.9 Å². The van der Waals surface area contributed by atoms with Crippen LogP contribution in [0, 0.1) is 0 Å². The van der Waals surface area contributed by atoms with Crippen LogP contribution in [0.25, 0.3) is 0 Å². The van der Waals surface area contributed by atoms with Gasteiger partial charge in [-0.2, -0.15) is 0 Å². The van der Waals surface area contributed by atoms with Gasteiger partial charge in [0.05, 0.1) is 12.6 Å². The molecule has 1 N–H and O–H groups in total. The van der Waals surface area contributed by atoms with Crippen LogP contribution in [-0.4, -0.2) is 53.0 Å². The molecule has 1 atom stereocenters. The molecule has 0 saturated carbocycles. The number of fused-ring (bicyclic) bond motifs is 3. The molecule has 0 spiro atoms. The molecule has 1 saturated heterocycles. The first-order valence-electron chi connectivity index (χ1n) is 6.01. The number of nitrogens with zero attached hydrogens (tertiary/aromatic N) is 2. The summed E-state index contributed by atoms with van der Waals surface area (Å²) in [4.78, 5) is 26.6. The molecule has 2 aliphatic heterocycles. The minimum Gasteiger partial charge on any atom is -0.480 e. The number of hydrogen-bond acceptors (Lipinski definition) is 3. The Morgan fingerprint density at radius 1 is 1.33 bits per heavy atom. The van der Waals surface area contributed by atoms with Gasteiger partial charge in [-0.05, 0) is 11.6 Å². The monoisotopic (exact) mass is 246 g/mol. The molecular formula is C13H14N2O3. The van der Waals surface area contributed by atoms with Gasteiger partial charge in [-0.25, -0.2) is 0 Å². The first-order chi connectivity index (χ1) is 8.66. The Balaban J connectivity index is 1.87. The van der Waals surface area contributed by atoms with Crippen LogP contribution in [-0.2, 0) is 4.79 Å². The fourth-order valence-electron chi connectivity index (χ4n) is 2.82. The maximum atomic E-state index is 12.2. The van der Waals surface area contributed by atoms with E-state index in [2.05, 4.69) is 0 Å². The van der Waals surface area contributed by atoms with E-state index in [1.165, 1.54) is 0 Å². The van der Waals surface area contributed by atoms with Gasteiger partial charge in [-0.1, -0.05) is 18.2 Å². The molecular weight excluding hydrogens is 232 g/mol. The van der Waals surface area contributed by atoms with E-state index in [0.29, 0.717) is 19.6 Å². The SMILES string of the molecule is O=C(O)CN1CCN2C(=O)c3ccccc3C2C1. The number of carboxylic acids is 1. The number of benzene rings is 1. The average Bonchev–Trinajstić information content (AvgIpc) is 2.63. The van der Waals surface area contributed by atoms with Gasteiger partial charge in [0.2, 0.25) is 0 Å². The van der Waals surface area contributed by atoms with E-state index in [9.17, 15) is 9.59 Å². The lowest BCUT2D eigenvalue weighted by Crippen LogP contribution is -2.48. The Kier molecular flexibility index (Phi) is 2.56. The molecule has 1 unspecified atom stereocenters. The second-order valence-electron chi connectivity index (χ2n) is 4.73. The average molecular weight is 246 g/mol. The van der Waals surface area contributed by atoms with E-state index in [1.807, 2.05) is 34.1 Å². The van der Waals surface area contributed by atoms with Crippen LogP contribution < -0.4 is 0 Å². The summed E-state index contributed by atoms with van der Waals surface area (Å²) in [6, 6.07) is 7.61. The highest BCUT2D eigenvalue weighted by Gasteiger charge is 2.39. The highest BCUT2D eigenvalue weighted by atomic mass is 16.4. The number of carbonyl (C=O) groups is 2. The maximum Gasteiger partial charge on any atom is 0.317 e. The van der Waals surface area contributed by atoms with Gasteiger partial charge < -0.3 is 10.0 Å². The quantitative estimate of drug-likeness (QED) is 0.829. The lowest BCUT2D eigenvalue weighted by molar-refractivity contribution is -0.138. The molecule has 5 nitrogen and oxygen atoms in total. The summed E-state index contributed by atoms with van der Waals surface area (Å²) in [6.07, 6.45) is 0. The Morgan fingerprint density at radius 2 is 2.11 bits per heavy atom. The first kappa shape index (κ1) is 11.2. The summed E-state index contributed by atoms with van der Waals surface area (Å²) in [6.45, 7) is 1.88. The van der Waals surface area contributed by atoms with E-state index in [4.69, 9.17) is 5.11 Å². The highest BCUT2D eigenvalue weighted by Crippen LogP contribution is 2.35. The zero-order valence-electron chi connectivity index (χ0n) is 9.87. The molecule has 0 bridgehead atoms. The van der Waals surface area contributed by atoms with Gasteiger partial charge in [0.1, 0.15) is 0 Å². The fourth-order valence-corrected chi connectivity index (χ4v) is 2.82. The largest absolute Gasteiger partial charge is 0.480 e. The van der Waals surface area contributed by atoms with Crippen molar-refractivity contribution in [1.82, 2.24) is 9.80 Å². The number of carbonyl (C=O) groups excluding carboxylic acids is 1. The summed E-state index contributed by atoms with van der Waals surface area (Å²) in [5.74, 6) is -0.744. The van der Waals surface area contributed by atoms with Crippen molar-refractivity contribution in [1.29, 1.82) is 0 Å². The van der Waals surface area contributed by atoms with Crippen LogP contribution in [0.15, 0.2) is 24.3 Å². The minimum absolute atomic E-state index is 0.0156. The number of amides is 1. The van der Waals surface area contributed by atoms with Crippen molar-refractivity contribution in [2.45, 2.75) is 6.04 Å². The van der Waals surface area contributed by atoms with Crippen LogP contribution in [0.2, 0.25) is 0 Å². The van der Waals surface area contributed by atoms with Gasteiger partial charge in [0.25, 0.3) is 5.91 Å². The third-order valence-electron chi connectivity index (χ3n) is 3.63. The maximum absolute atomic E-state index is 12.2. The van der Waals surface area contributed by atoms with Crippen LogP contribution >= 0.6 is 0 Å². The van der Waals surface area contributed by atoms with Crippen molar-refractivity contribution in [2.75, 3.05) is 26.2 Å². The van der Waals surface area contributed by atoms with Crippen molar-refractivity contribution in [3.63, 3.8) is 0 Å². The highest BCUT2D eigenvalue weighted by molar-refractivity contribution is 5.99. The van der Waals surface area contributed by atoms with Crippen LogP contribution in [0.3, 0.4) is 0 Å². The molecule has 2 heterocycles. The Bertz CT molecular complexity index is 515. The first-order valence-corrected chi connectivity index (χ1v) is 6.01. The molecule has 1 aromatic rings. The van der Waals surface area contributed by atoms with Gasteiger partial charge in [0, 0.05) is 25.2 Å². The number of carboxylic acid groups (broad SMARTS) is 1. The number of aliphatic carboxylic acids is 1. The smallest absolute Gasteiger partial charge is 0.317 e. The summed E-state index contributed by atoms with van der Waals surface area (Å²) >= 11 is 0. The predicted octanol–water partition coefficient (Wildman–Crippen LogP) is 0.584. The molecule has 0 radical (unpaired) electrons. The van der Waals surface area contributed by atoms with Crippen LogP contribution in [0.1, 0.15) is 22.0 Å². The predicted molar refractivity (Wildman–Crippen MR) is 64.3 cm³/mol. The molecule has 0 aromatic heterocycles. The lowest BCUT2D eigenvalue weighted by Gasteiger charge is -2.37. The topological polar surface area (TPSA) is 60.9 Å². The Morgan fingerprint density at radius 3 is 2.89 bits per heavy atom. The molecule has 1 fully saturated rings. The normalized spacial score (nSPS) is 22.8. The molecule has 1 amide bonds. The molecule has 94 valence electrons. The van der Waals surface area contributed by atoms with Gasteiger partial charge in [0.15, 0.2) is 0 Å². The van der Waals surface area contributed by atoms with E-state index in [-0.39, 0.29) is 18.5 Å². The molecule has 18 heavy (non-hydrogen) atoms. The lowest BCUT2D eigenvalue weighted by atomic mass is 10.0. The summed E-state index contributed by atoms with van der Waals surface area (Å²) in [5, 5.41) is 8.83. The number of hydrogen-bond donors (Lipinski definition) is 1. The Labute approximate surface area is 105 Å². The Hall–Kier alpha value is -1.88. The van der Waals surface area contributed by atoms with Crippen molar-refractivity contribution in [3.05, 3.63) is 35.4 Å². The van der Waals surface area contributed by atoms with Gasteiger partial charge in [-0.3, -0.25) is 14.5 Å². The second-order valence-corrected chi connectivity index (χ2v) is 4.73. The standard InChI is InChI=1S/C13H14N2O3/c16-12(17)8-14-5-6-15-11(7-14)9-3-1-2-4-10(9)13(15)18/h1-4,11H,5-8H2,(H,16,17). The third-order valence-corrected chi connectivity index (χ3v) is 3.63. The van der Waals surface area contributed by atoms with Gasteiger partial charge in [-0.15, -0.1) is 0 Å². The molecule has 0 aliphatic carbocycles. The summed E-state index contributed by atoms with van der Waals surface area (Å²) in [7, 11) is 0. The van der Waals surface area contributed by atoms with E-state index in [1.54, 1.807) is 0 Å². The van der Waals surface area contributed by atoms with E-state index >= 15 is 0 Å². The zero-order chi connectivity index (χ0) is 12.7. The minimum atomic E-state index is -0.818. The summed E-state index contributed by atoms with van der Waals surface area (Å²) in [5.41, 5.74) is 1.79. The van der Waals surface area contributed by atoms with Gasteiger partial charge >= 0.3 is 5.97 Å². The van der Waals surface area contributed by atoms with Crippen LogP contribution in [0.5, 0.6) is 0 Å². The summed E-state index contributed by atoms with van der Waals surface area (Å²) < 4.78 is 0.